The van der Waals surface area contributed by atoms with Crippen LogP contribution < -0.4 is 5.32 Å². The molecule has 0 bridgehead atoms. The maximum atomic E-state index is 13.2. The molecule has 30 heavy (non-hydrogen) atoms. The zero-order valence-electron chi connectivity index (χ0n) is 15.7. The highest BCUT2D eigenvalue weighted by Crippen LogP contribution is 2.30. The molecule has 1 unspecified atom stereocenters. The van der Waals surface area contributed by atoms with Crippen LogP contribution in [0.5, 0.6) is 0 Å². The minimum absolute atomic E-state index is 0.319. The van der Waals surface area contributed by atoms with Gasteiger partial charge in [0.1, 0.15) is 5.82 Å². The van der Waals surface area contributed by atoms with Gasteiger partial charge in [-0.1, -0.05) is 18.2 Å². The lowest BCUT2D eigenvalue weighted by Gasteiger charge is -2.17. The number of nitrogens with one attached hydrogen (secondary N) is 1. The highest BCUT2D eigenvalue weighted by molar-refractivity contribution is 5.93. The number of rotatable bonds is 4. The molecule has 5 nitrogen and oxygen atoms in total. The molecule has 0 aliphatic heterocycles. The topological polar surface area (TPSA) is 63.6 Å². The Labute approximate surface area is 168 Å². The predicted octanol–water partition coefficient (Wildman–Crippen LogP) is 5.42. The molecule has 1 atom stereocenters. The Bertz CT molecular complexity index is 1170. The third-order valence-electron chi connectivity index (χ3n) is 4.61. The lowest BCUT2D eigenvalue weighted by atomic mass is 10.0. The SMILES string of the molecule is CC(Nc1cnnc2ccc(-c3ccc(F)cc3)cc12)c1cnc(C(F)(F)F)nc1. The van der Waals surface area contributed by atoms with Crippen LogP contribution in [0.25, 0.3) is 22.0 Å². The van der Waals surface area contributed by atoms with Crippen LogP contribution in [0.4, 0.5) is 23.2 Å². The van der Waals surface area contributed by atoms with Crippen molar-refractivity contribution in [3.63, 3.8) is 0 Å². The Morgan fingerprint density at radius 3 is 2.23 bits per heavy atom. The minimum atomic E-state index is -4.59. The second-order valence-electron chi connectivity index (χ2n) is 6.70. The number of anilines is 1. The molecule has 0 saturated heterocycles. The van der Waals surface area contributed by atoms with Crippen LogP contribution >= 0.6 is 0 Å². The fraction of sp³-hybridized carbons (Fsp3) is 0.143. The Morgan fingerprint density at radius 2 is 1.57 bits per heavy atom. The number of alkyl halides is 3. The van der Waals surface area contributed by atoms with E-state index in [0.717, 1.165) is 28.9 Å². The van der Waals surface area contributed by atoms with E-state index in [4.69, 9.17) is 0 Å². The lowest BCUT2D eigenvalue weighted by Crippen LogP contribution is -2.13. The molecule has 2 aromatic carbocycles. The molecule has 0 saturated carbocycles. The fourth-order valence-corrected chi connectivity index (χ4v) is 3.02. The van der Waals surface area contributed by atoms with Gasteiger partial charge >= 0.3 is 6.18 Å². The van der Waals surface area contributed by atoms with Crippen LogP contribution in [0.15, 0.2) is 61.1 Å². The van der Waals surface area contributed by atoms with Crippen LogP contribution in [0.1, 0.15) is 24.4 Å². The Kier molecular flexibility index (Phi) is 5.03. The van der Waals surface area contributed by atoms with E-state index in [1.54, 1.807) is 25.1 Å². The van der Waals surface area contributed by atoms with Crippen molar-refractivity contribution in [1.82, 2.24) is 20.2 Å². The molecule has 0 aliphatic carbocycles. The van der Waals surface area contributed by atoms with E-state index < -0.39 is 12.0 Å². The normalized spacial score (nSPS) is 12.7. The summed E-state index contributed by atoms with van der Waals surface area (Å²) < 4.78 is 51.2. The first kappa shape index (κ1) is 19.7. The molecular formula is C21H15F4N5. The Hall–Kier alpha value is -3.62. The van der Waals surface area contributed by atoms with Crippen molar-refractivity contribution in [3.05, 3.63) is 78.3 Å². The monoisotopic (exact) mass is 413 g/mol. The summed E-state index contributed by atoms with van der Waals surface area (Å²) in [6.45, 7) is 1.78. The van der Waals surface area contributed by atoms with E-state index in [2.05, 4.69) is 25.5 Å². The molecule has 4 aromatic rings. The number of fused-ring (bicyclic) bond motifs is 1. The van der Waals surface area contributed by atoms with E-state index in [0.29, 0.717) is 16.8 Å². The average Bonchev–Trinajstić information content (AvgIpc) is 2.74. The number of halogens is 4. The minimum Gasteiger partial charge on any atom is -0.377 e. The Balaban J connectivity index is 1.65. The molecule has 0 spiro atoms. The van der Waals surface area contributed by atoms with Gasteiger partial charge in [0, 0.05) is 23.3 Å². The van der Waals surface area contributed by atoms with Crippen molar-refractivity contribution in [2.45, 2.75) is 19.1 Å². The maximum Gasteiger partial charge on any atom is 0.451 e. The van der Waals surface area contributed by atoms with Crippen molar-refractivity contribution in [3.8, 4) is 11.1 Å². The second kappa shape index (κ2) is 7.66. The summed E-state index contributed by atoms with van der Waals surface area (Å²) in [5.74, 6) is -1.50. The van der Waals surface area contributed by atoms with E-state index in [1.807, 2.05) is 12.1 Å². The summed E-state index contributed by atoms with van der Waals surface area (Å²) >= 11 is 0. The van der Waals surface area contributed by atoms with Gasteiger partial charge in [0.25, 0.3) is 0 Å². The third kappa shape index (κ3) is 4.05. The van der Waals surface area contributed by atoms with Crippen molar-refractivity contribution in [1.29, 1.82) is 0 Å². The van der Waals surface area contributed by atoms with Crippen molar-refractivity contribution < 1.29 is 17.6 Å². The van der Waals surface area contributed by atoms with Gasteiger partial charge in [0.2, 0.25) is 5.82 Å². The number of benzene rings is 2. The van der Waals surface area contributed by atoms with Crippen LogP contribution in [-0.2, 0) is 6.18 Å². The third-order valence-corrected chi connectivity index (χ3v) is 4.61. The van der Waals surface area contributed by atoms with Gasteiger partial charge in [-0.25, -0.2) is 14.4 Å². The van der Waals surface area contributed by atoms with Gasteiger partial charge in [-0.05, 0) is 42.3 Å². The molecule has 152 valence electrons. The molecule has 0 fully saturated rings. The molecule has 1 N–H and O–H groups in total. The van der Waals surface area contributed by atoms with Crippen molar-refractivity contribution in [2.75, 3.05) is 5.32 Å². The summed E-state index contributed by atoms with van der Waals surface area (Å²) in [7, 11) is 0. The first-order valence-corrected chi connectivity index (χ1v) is 8.98. The maximum absolute atomic E-state index is 13.2. The summed E-state index contributed by atoms with van der Waals surface area (Å²) in [5, 5.41) is 12.1. The molecule has 4 rings (SSSR count). The zero-order chi connectivity index (χ0) is 21.3. The molecular weight excluding hydrogens is 398 g/mol. The average molecular weight is 413 g/mol. The van der Waals surface area contributed by atoms with E-state index in [1.165, 1.54) is 18.3 Å². The summed E-state index contributed by atoms with van der Waals surface area (Å²) in [6.07, 6.45) is -0.752. The number of hydrogen-bond donors (Lipinski definition) is 1. The van der Waals surface area contributed by atoms with Gasteiger partial charge in [0.05, 0.1) is 23.4 Å². The standard InChI is InChI=1S/C21H15F4N5/c1-12(15-9-26-20(27-10-15)21(23,24)25)29-19-11-28-30-18-7-4-14(8-17(18)19)13-2-5-16(22)6-3-13/h2-12H,1H3,(H,29,30). The zero-order valence-corrected chi connectivity index (χ0v) is 15.7. The smallest absolute Gasteiger partial charge is 0.377 e. The molecule has 0 amide bonds. The summed E-state index contributed by atoms with van der Waals surface area (Å²) in [4.78, 5) is 6.80. The second-order valence-corrected chi connectivity index (χ2v) is 6.70. The highest BCUT2D eigenvalue weighted by Gasteiger charge is 2.34. The van der Waals surface area contributed by atoms with Gasteiger partial charge in [0.15, 0.2) is 0 Å². The van der Waals surface area contributed by atoms with Crippen LogP contribution in [-0.4, -0.2) is 20.2 Å². The molecule has 2 aromatic heterocycles. The van der Waals surface area contributed by atoms with Crippen LogP contribution in [0.2, 0.25) is 0 Å². The largest absolute Gasteiger partial charge is 0.451 e. The van der Waals surface area contributed by atoms with Crippen LogP contribution in [0, 0.1) is 5.82 Å². The Morgan fingerprint density at radius 1 is 0.900 bits per heavy atom. The van der Waals surface area contributed by atoms with Crippen molar-refractivity contribution in [2.24, 2.45) is 0 Å². The molecule has 0 radical (unpaired) electrons. The lowest BCUT2D eigenvalue weighted by molar-refractivity contribution is -0.145. The number of nitrogens with zero attached hydrogens (tertiary/aromatic N) is 4. The van der Waals surface area contributed by atoms with Gasteiger partial charge < -0.3 is 5.32 Å². The first-order chi connectivity index (χ1) is 14.3. The van der Waals surface area contributed by atoms with Gasteiger partial charge in [-0.3, -0.25) is 0 Å². The molecule has 9 heteroatoms. The highest BCUT2D eigenvalue weighted by atomic mass is 19.4. The number of aromatic nitrogens is 4. The van der Waals surface area contributed by atoms with E-state index in [-0.39, 0.29) is 11.9 Å². The molecule has 2 heterocycles. The summed E-state index contributed by atoms with van der Waals surface area (Å²) in [6, 6.07) is 11.3. The van der Waals surface area contributed by atoms with Gasteiger partial charge in [-0.2, -0.15) is 23.4 Å². The first-order valence-electron chi connectivity index (χ1n) is 8.98. The van der Waals surface area contributed by atoms with Crippen LogP contribution in [0.3, 0.4) is 0 Å². The van der Waals surface area contributed by atoms with Crippen molar-refractivity contribution >= 4 is 16.6 Å². The molecule has 0 aliphatic rings. The number of hydrogen-bond acceptors (Lipinski definition) is 5. The van der Waals surface area contributed by atoms with E-state index in [9.17, 15) is 17.6 Å². The summed E-state index contributed by atoms with van der Waals surface area (Å²) in [5.41, 5.74) is 3.48. The fourth-order valence-electron chi connectivity index (χ4n) is 3.02. The predicted molar refractivity (Wildman–Crippen MR) is 104 cm³/mol. The van der Waals surface area contributed by atoms with E-state index >= 15 is 0 Å². The van der Waals surface area contributed by atoms with Gasteiger partial charge in [-0.15, -0.1) is 0 Å². The quantitative estimate of drug-likeness (QED) is 0.453.